The van der Waals surface area contributed by atoms with Gasteiger partial charge < -0.3 is 0 Å². The molecule has 0 saturated carbocycles. The van der Waals surface area contributed by atoms with E-state index in [4.69, 9.17) is 0 Å². The van der Waals surface area contributed by atoms with Gasteiger partial charge in [-0.15, -0.1) is 0 Å². The predicted molar refractivity (Wildman–Crippen MR) is 97.0 cm³/mol. The Balaban J connectivity index is 2.01. The summed E-state index contributed by atoms with van der Waals surface area (Å²) >= 11 is 0. The van der Waals surface area contributed by atoms with Crippen molar-refractivity contribution in [2.75, 3.05) is 11.9 Å². The van der Waals surface area contributed by atoms with Crippen LogP contribution in [0, 0.1) is 28.4 Å². The van der Waals surface area contributed by atoms with E-state index in [0.29, 0.717) is 33.4 Å². The molecule has 0 aliphatic heterocycles. The molecule has 1 aromatic heterocycles. The van der Waals surface area contributed by atoms with Crippen molar-refractivity contribution in [1.82, 2.24) is 4.98 Å². The van der Waals surface area contributed by atoms with Gasteiger partial charge in [0, 0.05) is 29.6 Å². The van der Waals surface area contributed by atoms with Crippen LogP contribution in [0.3, 0.4) is 0 Å². The normalized spacial score (nSPS) is 10.3. The largest absolute Gasteiger partial charge is 0.296 e. The Hall–Kier alpha value is -3.79. The number of benzene rings is 2. The van der Waals surface area contributed by atoms with E-state index in [2.05, 4.69) is 11.1 Å². The summed E-state index contributed by atoms with van der Waals surface area (Å²) in [5, 5.41) is 21.0. The van der Waals surface area contributed by atoms with Crippen LogP contribution in [0.5, 0.6) is 0 Å². The fourth-order valence-corrected chi connectivity index (χ4v) is 2.72. The van der Waals surface area contributed by atoms with E-state index in [1.807, 2.05) is 12.1 Å². The second-order valence-corrected chi connectivity index (χ2v) is 5.78. The number of nitro benzene ring substituents is 1. The number of fused-ring (bicyclic) bond motifs is 1. The molecule has 26 heavy (non-hydrogen) atoms. The summed E-state index contributed by atoms with van der Waals surface area (Å²) < 4.78 is 0. The Morgan fingerprint density at radius 2 is 1.96 bits per heavy atom. The summed E-state index contributed by atoms with van der Waals surface area (Å²) in [7, 11) is 1.55. The lowest BCUT2D eigenvalue weighted by Crippen LogP contribution is -2.27. The van der Waals surface area contributed by atoms with Gasteiger partial charge >= 0.3 is 0 Å². The van der Waals surface area contributed by atoms with Gasteiger partial charge in [0.1, 0.15) is 5.82 Å². The zero-order chi connectivity index (χ0) is 18.8. The average Bonchev–Trinajstić information content (AvgIpc) is 2.65. The molecule has 3 aromatic rings. The summed E-state index contributed by atoms with van der Waals surface area (Å²) in [5.41, 5.74) is 1.70. The molecule has 1 amide bonds. The van der Waals surface area contributed by atoms with Crippen molar-refractivity contribution in [3.63, 3.8) is 0 Å². The van der Waals surface area contributed by atoms with Gasteiger partial charge in [-0.1, -0.05) is 18.2 Å². The van der Waals surface area contributed by atoms with Gasteiger partial charge in [0.15, 0.2) is 0 Å². The summed E-state index contributed by atoms with van der Waals surface area (Å²) in [6.45, 7) is 1.58. The molecular weight excluding hydrogens is 332 g/mol. The smallest absolute Gasteiger partial charge is 0.272 e. The number of nitriles is 1. The van der Waals surface area contributed by atoms with E-state index in [1.165, 1.54) is 23.1 Å². The van der Waals surface area contributed by atoms with Crippen LogP contribution in [0.25, 0.3) is 10.9 Å². The zero-order valence-corrected chi connectivity index (χ0v) is 14.1. The second-order valence-electron chi connectivity index (χ2n) is 5.78. The van der Waals surface area contributed by atoms with Gasteiger partial charge in [0.05, 0.1) is 22.1 Å². The lowest BCUT2D eigenvalue weighted by Gasteiger charge is -2.17. The maximum atomic E-state index is 12.7. The Kier molecular flexibility index (Phi) is 4.33. The number of aryl methyl sites for hydroxylation is 1. The molecule has 0 saturated heterocycles. The Bertz CT molecular complexity index is 1090. The van der Waals surface area contributed by atoms with E-state index in [1.54, 1.807) is 32.2 Å². The number of anilines is 1. The molecule has 0 bridgehead atoms. The lowest BCUT2D eigenvalue weighted by atomic mass is 10.1. The molecule has 3 rings (SSSR count). The topological polar surface area (TPSA) is 100 Å². The van der Waals surface area contributed by atoms with Crippen molar-refractivity contribution < 1.29 is 9.72 Å². The van der Waals surface area contributed by atoms with Gasteiger partial charge in [-0.3, -0.25) is 19.8 Å². The quantitative estimate of drug-likeness (QED) is 0.533. The third-order valence-electron chi connectivity index (χ3n) is 4.11. The monoisotopic (exact) mass is 346 g/mol. The number of para-hydroxylation sites is 1. The molecule has 0 atom stereocenters. The maximum Gasteiger partial charge on any atom is 0.272 e. The first-order valence-corrected chi connectivity index (χ1v) is 7.75. The van der Waals surface area contributed by atoms with Gasteiger partial charge in [-0.05, 0) is 31.2 Å². The van der Waals surface area contributed by atoms with E-state index in [0.717, 1.165) is 0 Å². The van der Waals surface area contributed by atoms with Crippen LogP contribution < -0.4 is 4.90 Å². The lowest BCUT2D eigenvalue weighted by molar-refractivity contribution is -0.385. The standard InChI is InChI=1S/C19H14N4O3/c1-12-9-13(7-8-17(12)23(25)26)19(24)22(2)18-10-14(11-20)15-5-3-4-6-16(15)21-18/h3-10H,1-2H3. The molecule has 0 unspecified atom stereocenters. The van der Waals surface area contributed by atoms with Crippen molar-refractivity contribution in [3.05, 3.63) is 75.3 Å². The van der Waals surface area contributed by atoms with E-state index in [9.17, 15) is 20.2 Å². The first-order chi connectivity index (χ1) is 12.4. The first-order valence-electron chi connectivity index (χ1n) is 7.75. The van der Waals surface area contributed by atoms with E-state index in [-0.39, 0.29) is 11.6 Å². The molecule has 0 radical (unpaired) electrons. The number of rotatable bonds is 3. The molecule has 1 heterocycles. The Morgan fingerprint density at radius 3 is 2.62 bits per heavy atom. The van der Waals surface area contributed by atoms with Crippen LogP contribution in [-0.4, -0.2) is 22.9 Å². The Labute approximate surface area is 149 Å². The highest BCUT2D eigenvalue weighted by molar-refractivity contribution is 6.06. The number of amides is 1. The summed E-state index contributed by atoms with van der Waals surface area (Å²) in [6, 6.07) is 15.1. The van der Waals surface area contributed by atoms with Crippen LogP contribution in [-0.2, 0) is 0 Å². The fourth-order valence-electron chi connectivity index (χ4n) is 2.72. The highest BCUT2D eigenvalue weighted by Gasteiger charge is 2.19. The van der Waals surface area contributed by atoms with Crippen LogP contribution in [0.4, 0.5) is 11.5 Å². The van der Waals surface area contributed by atoms with Crippen molar-refractivity contribution in [1.29, 1.82) is 5.26 Å². The summed E-state index contributed by atoms with van der Waals surface area (Å²) in [4.78, 5) is 29.0. The molecule has 128 valence electrons. The van der Waals surface area contributed by atoms with E-state index < -0.39 is 4.92 Å². The van der Waals surface area contributed by atoms with Gasteiger partial charge in [-0.2, -0.15) is 5.26 Å². The molecule has 2 aromatic carbocycles. The van der Waals surface area contributed by atoms with Crippen molar-refractivity contribution in [3.8, 4) is 6.07 Å². The zero-order valence-electron chi connectivity index (χ0n) is 14.1. The van der Waals surface area contributed by atoms with E-state index >= 15 is 0 Å². The number of hydrogen-bond acceptors (Lipinski definition) is 5. The molecule has 7 heteroatoms. The van der Waals surface area contributed by atoms with Gasteiger partial charge in [0.2, 0.25) is 0 Å². The SMILES string of the molecule is Cc1cc(C(=O)N(C)c2cc(C#N)c3ccccc3n2)ccc1[N+](=O)[O-]. The molecule has 0 aliphatic carbocycles. The highest BCUT2D eigenvalue weighted by Crippen LogP contribution is 2.24. The highest BCUT2D eigenvalue weighted by atomic mass is 16.6. The van der Waals surface area contributed by atoms with Gasteiger partial charge in [-0.25, -0.2) is 4.98 Å². The predicted octanol–water partition coefficient (Wildman–Crippen LogP) is 3.60. The van der Waals surface area contributed by atoms with Crippen molar-refractivity contribution in [2.45, 2.75) is 6.92 Å². The average molecular weight is 346 g/mol. The fraction of sp³-hybridized carbons (Fsp3) is 0.105. The molecule has 0 N–H and O–H groups in total. The van der Waals surface area contributed by atoms with Crippen LogP contribution >= 0.6 is 0 Å². The molecule has 0 spiro atoms. The van der Waals surface area contributed by atoms with Crippen molar-refractivity contribution in [2.24, 2.45) is 0 Å². The number of aromatic nitrogens is 1. The third-order valence-corrected chi connectivity index (χ3v) is 4.11. The number of carbonyl (C=O) groups excluding carboxylic acids is 1. The number of pyridine rings is 1. The first kappa shape index (κ1) is 17.0. The maximum absolute atomic E-state index is 12.7. The van der Waals surface area contributed by atoms with Gasteiger partial charge in [0.25, 0.3) is 11.6 Å². The molecule has 7 nitrogen and oxygen atoms in total. The number of hydrogen-bond donors (Lipinski definition) is 0. The summed E-state index contributed by atoms with van der Waals surface area (Å²) in [6.07, 6.45) is 0. The molecular formula is C19H14N4O3. The third kappa shape index (κ3) is 2.96. The number of carbonyl (C=O) groups is 1. The minimum atomic E-state index is -0.489. The van der Waals surface area contributed by atoms with Crippen LogP contribution in [0.15, 0.2) is 48.5 Å². The summed E-state index contributed by atoms with van der Waals surface area (Å²) in [5.74, 6) is -0.0316. The van der Waals surface area contributed by atoms with Crippen LogP contribution in [0.2, 0.25) is 0 Å². The molecule has 0 fully saturated rings. The number of nitrogens with zero attached hydrogens (tertiary/aromatic N) is 4. The van der Waals surface area contributed by atoms with Crippen LogP contribution in [0.1, 0.15) is 21.5 Å². The minimum Gasteiger partial charge on any atom is -0.296 e. The minimum absolute atomic E-state index is 0.0419. The Morgan fingerprint density at radius 1 is 1.23 bits per heavy atom. The number of nitro groups is 1. The van der Waals surface area contributed by atoms with Crippen molar-refractivity contribution >= 4 is 28.3 Å². The second kappa shape index (κ2) is 6.61. The molecule has 0 aliphatic rings.